The van der Waals surface area contributed by atoms with Crippen LogP contribution in [0.25, 0.3) is 0 Å². The summed E-state index contributed by atoms with van der Waals surface area (Å²) in [5.74, 6) is 0. The Bertz CT molecular complexity index is 174. The first kappa shape index (κ1) is 11.9. The molecule has 0 saturated carbocycles. The van der Waals surface area contributed by atoms with E-state index < -0.39 is 0 Å². The largest absolute Gasteiger partial charge is 0.395 e. The summed E-state index contributed by atoms with van der Waals surface area (Å²) in [6.45, 7) is 4.92. The maximum Gasteiger partial charge on any atom is 0.0703 e. The molecule has 4 atom stereocenters. The molecule has 0 aromatic carbocycles. The molecule has 4 unspecified atom stereocenters. The number of rotatable bonds is 4. The molecule has 0 spiro atoms. The number of likely N-dealkylation sites (N-methyl/N-ethyl adjacent to an activating group) is 1. The molecule has 1 heterocycles. The summed E-state index contributed by atoms with van der Waals surface area (Å²) < 4.78 is 5.50. The summed E-state index contributed by atoms with van der Waals surface area (Å²) in [4.78, 5) is 2.16. The number of aliphatic hydroxyl groups is 1. The van der Waals surface area contributed by atoms with Crippen LogP contribution in [-0.4, -0.2) is 54.5 Å². The maximum atomic E-state index is 9.25. The van der Waals surface area contributed by atoms with Crippen LogP contribution in [0, 0.1) is 0 Å². The minimum Gasteiger partial charge on any atom is -0.395 e. The van der Waals surface area contributed by atoms with Crippen LogP contribution in [-0.2, 0) is 4.74 Å². The molecule has 0 aromatic heterocycles. The highest BCUT2D eigenvalue weighted by Crippen LogP contribution is 2.20. The van der Waals surface area contributed by atoms with Gasteiger partial charge in [-0.25, -0.2) is 0 Å². The van der Waals surface area contributed by atoms with Crippen LogP contribution in [0.2, 0.25) is 0 Å². The molecule has 1 rings (SSSR count). The third kappa shape index (κ3) is 2.45. The highest BCUT2D eigenvalue weighted by Gasteiger charge is 2.32. The van der Waals surface area contributed by atoms with Gasteiger partial charge in [0.05, 0.1) is 12.7 Å². The second-order valence-electron chi connectivity index (χ2n) is 4.21. The summed E-state index contributed by atoms with van der Waals surface area (Å²) in [7, 11) is 2.01. The highest BCUT2D eigenvalue weighted by molar-refractivity contribution is 4.87. The molecule has 84 valence electrons. The number of nitrogens with zero attached hydrogens (tertiary/aromatic N) is 1. The number of aliphatic hydroxyl groups excluding tert-OH is 1. The van der Waals surface area contributed by atoms with Gasteiger partial charge in [0.15, 0.2) is 0 Å². The second-order valence-corrected chi connectivity index (χ2v) is 4.21. The van der Waals surface area contributed by atoms with Gasteiger partial charge in [0.25, 0.3) is 0 Å². The van der Waals surface area contributed by atoms with E-state index in [0.29, 0.717) is 6.04 Å². The monoisotopic (exact) mass is 202 g/mol. The van der Waals surface area contributed by atoms with Gasteiger partial charge in [-0.1, -0.05) is 0 Å². The van der Waals surface area contributed by atoms with Gasteiger partial charge < -0.3 is 15.6 Å². The Balaban J connectivity index is 2.57. The van der Waals surface area contributed by atoms with Crippen molar-refractivity contribution in [1.82, 2.24) is 4.90 Å². The van der Waals surface area contributed by atoms with Crippen molar-refractivity contribution in [2.75, 3.05) is 20.3 Å². The Morgan fingerprint density at radius 2 is 2.29 bits per heavy atom. The van der Waals surface area contributed by atoms with E-state index in [-0.39, 0.29) is 24.8 Å². The Morgan fingerprint density at radius 3 is 2.64 bits per heavy atom. The van der Waals surface area contributed by atoms with Crippen molar-refractivity contribution in [3.8, 4) is 0 Å². The zero-order valence-electron chi connectivity index (χ0n) is 9.31. The summed E-state index contributed by atoms with van der Waals surface area (Å²) in [6, 6.07) is 0.403. The van der Waals surface area contributed by atoms with Crippen LogP contribution in [0.3, 0.4) is 0 Å². The molecular weight excluding hydrogens is 180 g/mol. The lowest BCUT2D eigenvalue weighted by Crippen LogP contribution is -2.52. The Kier molecular flexibility index (Phi) is 4.31. The lowest BCUT2D eigenvalue weighted by Gasteiger charge is -2.35. The van der Waals surface area contributed by atoms with Crippen molar-refractivity contribution in [3.63, 3.8) is 0 Å². The normalized spacial score (nSPS) is 32.1. The summed E-state index contributed by atoms with van der Waals surface area (Å²) in [6.07, 6.45) is 1.27. The van der Waals surface area contributed by atoms with Gasteiger partial charge in [0.2, 0.25) is 0 Å². The van der Waals surface area contributed by atoms with E-state index in [0.717, 1.165) is 13.0 Å². The summed E-state index contributed by atoms with van der Waals surface area (Å²) in [5.41, 5.74) is 5.82. The lowest BCUT2D eigenvalue weighted by atomic mass is 10.0. The molecule has 1 aliphatic heterocycles. The molecule has 0 aromatic rings. The molecule has 0 bridgehead atoms. The molecule has 1 aliphatic rings. The first-order chi connectivity index (χ1) is 6.57. The Hall–Kier alpha value is -0.160. The van der Waals surface area contributed by atoms with Gasteiger partial charge in [-0.05, 0) is 27.3 Å². The van der Waals surface area contributed by atoms with Crippen molar-refractivity contribution in [2.24, 2.45) is 5.73 Å². The zero-order valence-corrected chi connectivity index (χ0v) is 9.31. The van der Waals surface area contributed by atoms with E-state index in [9.17, 15) is 5.11 Å². The van der Waals surface area contributed by atoms with Gasteiger partial charge >= 0.3 is 0 Å². The number of ether oxygens (including phenoxy) is 1. The fraction of sp³-hybridized carbons (Fsp3) is 1.00. The Morgan fingerprint density at radius 1 is 1.64 bits per heavy atom. The second kappa shape index (κ2) is 5.07. The number of hydrogen-bond donors (Lipinski definition) is 2. The van der Waals surface area contributed by atoms with Crippen LogP contribution in [0.5, 0.6) is 0 Å². The van der Waals surface area contributed by atoms with Crippen LogP contribution >= 0.6 is 0 Å². The predicted octanol–water partition coefficient (Wildman–Crippen LogP) is -0.196. The topological polar surface area (TPSA) is 58.7 Å². The molecular formula is C10H22N2O2. The quantitative estimate of drug-likeness (QED) is 0.663. The van der Waals surface area contributed by atoms with E-state index in [1.807, 2.05) is 14.0 Å². The van der Waals surface area contributed by atoms with Crippen LogP contribution in [0.4, 0.5) is 0 Å². The zero-order chi connectivity index (χ0) is 10.7. The summed E-state index contributed by atoms with van der Waals surface area (Å²) in [5, 5.41) is 9.25. The van der Waals surface area contributed by atoms with Gasteiger partial charge in [0.1, 0.15) is 0 Å². The minimum atomic E-state index is -0.0159. The SMILES string of the molecule is CC(N)C(CO)N(C)C1CCOC1C. The first-order valence-corrected chi connectivity index (χ1v) is 5.28. The first-order valence-electron chi connectivity index (χ1n) is 5.28. The minimum absolute atomic E-state index is 0.0159. The Labute approximate surface area is 86.0 Å². The highest BCUT2D eigenvalue weighted by atomic mass is 16.5. The molecule has 3 N–H and O–H groups in total. The van der Waals surface area contributed by atoms with Gasteiger partial charge in [-0.15, -0.1) is 0 Å². The molecule has 0 radical (unpaired) electrons. The lowest BCUT2D eigenvalue weighted by molar-refractivity contribution is 0.0446. The molecule has 14 heavy (non-hydrogen) atoms. The van der Waals surface area contributed by atoms with Crippen molar-refractivity contribution in [2.45, 2.75) is 44.5 Å². The van der Waals surface area contributed by atoms with Crippen LogP contribution in [0.15, 0.2) is 0 Å². The van der Waals surface area contributed by atoms with Gasteiger partial charge in [0, 0.05) is 24.7 Å². The van der Waals surface area contributed by atoms with Crippen molar-refractivity contribution >= 4 is 0 Å². The molecule has 4 heteroatoms. The van der Waals surface area contributed by atoms with E-state index in [2.05, 4.69) is 11.8 Å². The molecule has 1 fully saturated rings. The van der Waals surface area contributed by atoms with E-state index in [1.54, 1.807) is 0 Å². The molecule has 4 nitrogen and oxygen atoms in total. The van der Waals surface area contributed by atoms with E-state index in [4.69, 9.17) is 10.5 Å². The van der Waals surface area contributed by atoms with Crippen LogP contribution in [0.1, 0.15) is 20.3 Å². The van der Waals surface area contributed by atoms with Crippen molar-refractivity contribution in [1.29, 1.82) is 0 Å². The van der Waals surface area contributed by atoms with Crippen LogP contribution < -0.4 is 5.73 Å². The number of hydrogen-bond acceptors (Lipinski definition) is 4. The molecule has 0 aliphatic carbocycles. The van der Waals surface area contributed by atoms with Crippen molar-refractivity contribution in [3.05, 3.63) is 0 Å². The van der Waals surface area contributed by atoms with Gasteiger partial charge in [-0.3, -0.25) is 4.90 Å². The molecule has 1 saturated heterocycles. The smallest absolute Gasteiger partial charge is 0.0703 e. The van der Waals surface area contributed by atoms with Crippen molar-refractivity contribution < 1.29 is 9.84 Å². The molecule has 0 amide bonds. The summed E-state index contributed by atoms with van der Waals surface area (Å²) >= 11 is 0. The van der Waals surface area contributed by atoms with E-state index >= 15 is 0 Å². The third-order valence-electron chi connectivity index (χ3n) is 3.18. The third-order valence-corrected chi connectivity index (χ3v) is 3.18. The average molecular weight is 202 g/mol. The maximum absolute atomic E-state index is 9.25. The predicted molar refractivity (Wildman–Crippen MR) is 56.1 cm³/mol. The fourth-order valence-corrected chi connectivity index (χ4v) is 2.17. The number of nitrogens with two attached hydrogens (primary N) is 1. The fourth-order valence-electron chi connectivity index (χ4n) is 2.17. The standard InChI is InChI=1S/C10H22N2O2/c1-7(11)10(6-13)12(3)9-4-5-14-8(9)2/h7-10,13H,4-6,11H2,1-3H3. The van der Waals surface area contributed by atoms with Gasteiger partial charge in [-0.2, -0.15) is 0 Å². The van der Waals surface area contributed by atoms with E-state index in [1.165, 1.54) is 0 Å². The average Bonchev–Trinajstić information content (AvgIpc) is 2.51.